The number of ketones is 1. The molecule has 5 aliphatic carbocycles. The Labute approximate surface area is 264 Å². The van der Waals surface area contributed by atoms with Gasteiger partial charge in [-0.2, -0.15) is 0 Å². The lowest BCUT2D eigenvalue weighted by Crippen LogP contribution is -2.69. The van der Waals surface area contributed by atoms with E-state index in [9.17, 15) is 19.5 Å². The number of allylic oxidation sites excluding steroid dienone is 2. The third-order valence-corrected chi connectivity index (χ3v) is 15.1. The van der Waals surface area contributed by atoms with E-state index >= 15 is 0 Å². The molecule has 11 atom stereocenters. The number of ether oxygens (including phenoxy) is 2. The maximum Gasteiger partial charge on any atom is 0.320 e. The van der Waals surface area contributed by atoms with Crippen molar-refractivity contribution in [3.05, 3.63) is 11.6 Å². The number of hydrogen-bond donors (Lipinski definition) is 1. The van der Waals surface area contributed by atoms with Crippen molar-refractivity contribution in [3.8, 4) is 0 Å². The molecule has 0 bridgehead atoms. The summed E-state index contributed by atoms with van der Waals surface area (Å²) in [6.07, 6.45) is 9.48. The number of carboxylic acid groups (broad SMARTS) is 1. The lowest BCUT2D eigenvalue weighted by molar-refractivity contribution is -0.230. The minimum Gasteiger partial charge on any atom is -0.481 e. The predicted molar refractivity (Wildman–Crippen MR) is 169 cm³/mol. The van der Waals surface area contributed by atoms with Crippen LogP contribution in [0.25, 0.3) is 0 Å². The van der Waals surface area contributed by atoms with Crippen molar-refractivity contribution in [2.24, 2.45) is 56.7 Å². The van der Waals surface area contributed by atoms with Crippen LogP contribution in [0.4, 0.5) is 0 Å². The molecule has 1 N–H and O–H groups in total. The first-order valence-corrected chi connectivity index (χ1v) is 17.6. The average molecular weight is 612 g/mol. The molecule has 0 spiro atoms. The Morgan fingerprint density at radius 3 is 2.36 bits per heavy atom. The average Bonchev–Trinajstić information content (AvgIpc) is 2.94. The molecule has 7 nitrogen and oxygen atoms in total. The fourth-order valence-corrected chi connectivity index (χ4v) is 12.3. The molecule has 0 radical (unpaired) electrons. The van der Waals surface area contributed by atoms with Crippen molar-refractivity contribution in [3.63, 3.8) is 0 Å². The monoisotopic (exact) mass is 611 g/mol. The van der Waals surface area contributed by atoms with Gasteiger partial charge in [0, 0.05) is 24.4 Å². The van der Waals surface area contributed by atoms with Gasteiger partial charge in [0.1, 0.15) is 6.10 Å². The first-order valence-electron chi connectivity index (χ1n) is 17.6. The first kappa shape index (κ1) is 32.2. The second-order valence-corrected chi connectivity index (χ2v) is 17.3. The number of nitrogens with zero attached hydrogens (tertiary/aromatic N) is 1. The summed E-state index contributed by atoms with van der Waals surface area (Å²) in [6, 6.07) is 0. The van der Waals surface area contributed by atoms with Gasteiger partial charge in [-0.1, -0.05) is 54.0 Å². The molecule has 1 heterocycles. The molecule has 0 aromatic heterocycles. The van der Waals surface area contributed by atoms with E-state index in [1.54, 1.807) is 0 Å². The van der Waals surface area contributed by atoms with E-state index in [1.807, 2.05) is 0 Å². The third kappa shape index (κ3) is 4.67. The number of morpholine rings is 1. The summed E-state index contributed by atoms with van der Waals surface area (Å²) >= 11 is 0. The smallest absolute Gasteiger partial charge is 0.320 e. The molecular weight excluding hydrogens is 554 g/mol. The van der Waals surface area contributed by atoms with Gasteiger partial charge in [0.05, 0.1) is 26.2 Å². The second kappa shape index (κ2) is 10.9. The third-order valence-electron chi connectivity index (χ3n) is 15.1. The van der Waals surface area contributed by atoms with Gasteiger partial charge in [0.2, 0.25) is 0 Å². The van der Waals surface area contributed by atoms with Crippen LogP contribution in [-0.2, 0) is 23.9 Å². The summed E-state index contributed by atoms with van der Waals surface area (Å²) in [5.74, 6) is 0.384. The Hall–Kier alpha value is -1.73. The van der Waals surface area contributed by atoms with Gasteiger partial charge in [0.25, 0.3) is 0 Å². The van der Waals surface area contributed by atoms with E-state index < -0.39 is 22.9 Å². The molecule has 6 rings (SSSR count). The summed E-state index contributed by atoms with van der Waals surface area (Å²) in [7, 11) is 0. The molecule has 2 unspecified atom stereocenters. The Morgan fingerprint density at radius 1 is 0.977 bits per heavy atom. The van der Waals surface area contributed by atoms with Gasteiger partial charge in [-0.05, 0) is 103 Å². The van der Waals surface area contributed by atoms with Crippen molar-refractivity contribution in [1.29, 1.82) is 0 Å². The van der Waals surface area contributed by atoms with Crippen molar-refractivity contribution in [2.75, 3.05) is 32.8 Å². The van der Waals surface area contributed by atoms with E-state index in [2.05, 4.69) is 59.4 Å². The lowest BCUT2D eigenvalue weighted by atomic mass is 9.33. The molecule has 0 amide bonds. The van der Waals surface area contributed by atoms with E-state index in [0.717, 1.165) is 19.3 Å². The zero-order valence-corrected chi connectivity index (χ0v) is 28.4. The summed E-state index contributed by atoms with van der Waals surface area (Å²) < 4.78 is 11.9. The van der Waals surface area contributed by atoms with Crippen molar-refractivity contribution < 1.29 is 29.0 Å². The summed E-state index contributed by atoms with van der Waals surface area (Å²) in [5.41, 5.74) is 0.0873. The van der Waals surface area contributed by atoms with Gasteiger partial charge in [-0.25, -0.2) is 0 Å². The van der Waals surface area contributed by atoms with Crippen LogP contribution in [0, 0.1) is 56.7 Å². The van der Waals surface area contributed by atoms with Crippen molar-refractivity contribution in [1.82, 2.24) is 4.90 Å². The van der Waals surface area contributed by atoms with Crippen LogP contribution in [0.15, 0.2) is 11.6 Å². The summed E-state index contributed by atoms with van der Waals surface area (Å²) in [4.78, 5) is 42.7. The molecule has 1 saturated heterocycles. The predicted octanol–water partition coefficient (Wildman–Crippen LogP) is 6.54. The SMILES string of the molecule is C[C@H]1[C@H](C)CC[C@]2(C)CC[C@]3(C)C(=CC(=O)[C@@H]4[C@@]5(C)C(OC(=O)CN6CCOCC6)CCC(C)(CC(=O)O)[C@@H]5CC[C@]43C)[C@H]12. The van der Waals surface area contributed by atoms with Crippen LogP contribution in [0.2, 0.25) is 0 Å². The number of carboxylic acids is 1. The van der Waals surface area contributed by atoms with Gasteiger partial charge in [-0.15, -0.1) is 0 Å². The minimum atomic E-state index is -0.790. The molecule has 0 aromatic rings. The highest BCUT2D eigenvalue weighted by atomic mass is 16.5. The summed E-state index contributed by atoms with van der Waals surface area (Å²) in [6.45, 7) is 19.3. The van der Waals surface area contributed by atoms with Crippen LogP contribution >= 0.6 is 0 Å². The zero-order chi connectivity index (χ0) is 31.9. The Kier molecular flexibility index (Phi) is 8.00. The van der Waals surface area contributed by atoms with Crippen molar-refractivity contribution >= 4 is 17.7 Å². The highest BCUT2D eigenvalue weighted by molar-refractivity contribution is 5.96. The van der Waals surface area contributed by atoms with E-state index in [-0.39, 0.29) is 52.8 Å². The van der Waals surface area contributed by atoms with E-state index in [0.29, 0.717) is 56.9 Å². The topological polar surface area (TPSA) is 93.1 Å². The molecule has 0 aromatic carbocycles. The molecule has 5 fully saturated rings. The highest BCUT2D eigenvalue weighted by Crippen LogP contribution is 2.75. The molecule has 1 aliphatic heterocycles. The van der Waals surface area contributed by atoms with Gasteiger partial charge >= 0.3 is 11.9 Å². The first-order chi connectivity index (χ1) is 20.6. The van der Waals surface area contributed by atoms with Crippen LogP contribution in [0.5, 0.6) is 0 Å². The van der Waals surface area contributed by atoms with E-state index in [1.165, 1.54) is 24.8 Å². The van der Waals surface area contributed by atoms with Crippen LogP contribution in [0.1, 0.15) is 106 Å². The maximum atomic E-state index is 14.9. The standard InChI is InChI=1S/C37H57NO6/c1-23-8-11-33(3)14-15-35(5)25(31(33)24(23)2)20-26(39)32-36(35,6)13-9-27-34(4,21-29(40)41)12-10-28(37(27,32)7)44-30(42)22-38-16-18-43-19-17-38/h20,23-24,27-28,31-32H,8-19,21-22H2,1-7H3,(H,40,41)/t23-,24+,27+,28?,31+,32+,33-,34?,35-,36-,37-/m1/s1. The normalized spacial score (nSPS) is 49.1. The number of hydrogen-bond acceptors (Lipinski definition) is 6. The minimum absolute atomic E-state index is 0.0240. The number of rotatable bonds is 5. The largest absolute Gasteiger partial charge is 0.481 e. The van der Waals surface area contributed by atoms with Gasteiger partial charge in [-0.3, -0.25) is 19.3 Å². The molecular formula is C37H57NO6. The quantitative estimate of drug-likeness (QED) is 0.353. The second-order valence-electron chi connectivity index (χ2n) is 17.3. The number of esters is 1. The number of carbonyl (C=O) groups excluding carboxylic acids is 2. The maximum absolute atomic E-state index is 14.9. The molecule has 246 valence electrons. The molecule has 44 heavy (non-hydrogen) atoms. The fraction of sp³-hybridized carbons (Fsp3) is 0.865. The van der Waals surface area contributed by atoms with Crippen molar-refractivity contribution in [2.45, 2.75) is 112 Å². The lowest BCUT2D eigenvalue weighted by Gasteiger charge is -2.71. The molecule has 7 heteroatoms. The number of fused-ring (bicyclic) bond motifs is 7. The van der Waals surface area contributed by atoms with E-state index in [4.69, 9.17) is 9.47 Å². The molecule has 4 saturated carbocycles. The summed E-state index contributed by atoms with van der Waals surface area (Å²) in [5, 5.41) is 10.0. The Balaban J connectivity index is 1.42. The van der Waals surface area contributed by atoms with Gasteiger partial charge in [0.15, 0.2) is 5.78 Å². The number of aliphatic carboxylic acids is 1. The fourth-order valence-electron chi connectivity index (χ4n) is 12.3. The zero-order valence-electron chi connectivity index (χ0n) is 28.4. The Bertz CT molecular complexity index is 1220. The highest BCUT2D eigenvalue weighted by Gasteiger charge is 2.72. The Morgan fingerprint density at radius 2 is 1.68 bits per heavy atom. The van der Waals surface area contributed by atoms with Crippen LogP contribution in [-0.4, -0.2) is 66.7 Å². The van der Waals surface area contributed by atoms with Crippen LogP contribution < -0.4 is 0 Å². The van der Waals surface area contributed by atoms with Gasteiger partial charge < -0.3 is 14.6 Å². The number of carbonyl (C=O) groups is 3. The van der Waals surface area contributed by atoms with Crippen LogP contribution in [0.3, 0.4) is 0 Å². The molecule has 6 aliphatic rings.